The van der Waals surface area contributed by atoms with E-state index in [1.165, 1.54) is 0 Å². The molecule has 1 N–H and O–H groups in total. The largest absolute Gasteiger partial charge is 0.497 e. The highest BCUT2D eigenvalue weighted by molar-refractivity contribution is 5.78. The quantitative estimate of drug-likeness (QED) is 0.746. The zero-order valence-corrected chi connectivity index (χ0v) is 13.1. The van der Waals surface area contributed by atoms with E-state index in [0.717, 1.165) is 16.9 Å². The summed E-state index contributed by atoms with van der Waals surface area (Å²) in [5.74, 6) is 1.33. The molecule has 1 aromatic carbocycles. The maximum atomic E-state index is 12.0. The maximum absolute atomic E-state index is 12.0. The first-order valence-electron chi connectivity index (χ1n) is 7.37. The third-order valence-electron chi connectivity index (χ3n) is 3.33. The van der Waals surface area contributed by atoms with Crippen LogP contribution < -0.4 is 10.1 Å². The van der Waals surface area contributed by atoms with Gasteiger partial charge in [0.1, 0.15) is 5.75 Å². The molecule has 0 saturated heterocycles. The molecule has 0 aliphatic carbocycles. The number of hydrogen-bond donors (Lipinski definition) is 1. The van der Waals surface area contributed by atoms with Crippen molar-refractivity contribution in [3.8, 4) is 17.2 Å². The molecule has 0 aliphatic rings. The van der Waals surface area contributed by atoms with E-state index in [9.17, 15) is 4.79 Å². The minimum absolute atomic E-state index is 0.132. The molecule has 2 heterocycles. The molecule has 0 bridgehead atoms. The molecular weight excluding hydrogens is 308 g/mol. The number of rotatable bonds is 6. The summed E-state index contributed by atoms with van der Waals surface area (Å²) in [5.41, 5.74) is 1.65. The molecule has 0 radical (unpaired) electrons. The first-order chi connectivity index (χ1) is 11.7. The second kappa shape index (κ2) is 7.36. The van der Waals surface area contributed by atoms with E-state index in [4.69, 9.17) is 9.15 Å². The van der Waals surface area contributed by atoms with Crippen LogP contribution in [0.2, 0.25) is 0 Å². The fourth-order valence-corrected chi connectivity index (χ4v) is 2.14. The molecule has 0 atom stereocenters. The monoisotopic (exact) mass is 324 g/mol. The van der Waals surface area contributed by atoms with Gasteiger partial charge in [-0.25, -0.2) is 0 Å². The van der Waals surface area contributed by atoms with Gasteiger partial charge >= 0.3 is 0 Å². The molecular formula is C17H16N4O3. The average molecular weight is 324 g/mol. The normalized spacial score (nSPS) is 10.4. The van der Waals surface area contributed by atoms with Gasteiger partial charge in [-0.15, -0.1) is 10.2 Å². The molecule has 24 heavy (non-hydrogen) atoms. The summed E-state index contributed by atoms with van der Waals surface area (Å²) in [6, 6.07) is 10.9. The third-order valence-corrected chi connectivity index (χ3v) is 3.33. The fourth-order valence-electron chi connectivity index (χ4n) is 2.14. The third kappa shape index (κ3) is 3.95. The SMILES string of the molecule is COc1cccc(CC(=O)NCc2nnc(-c3ccncc3)o2)c1. The summed E-state index contributed by atoms with van der Waals surface area (Å²) in [6.07, 6.45) is 3.55. The molecule has 7 heteroatoms. The molecule has 7 nitrogen and oxygen atoms in total. The van der Waals surface area contributed by atoms with Crippen LogP contribution in [0.25, 0.3) is 11.5 Å². The van der Waals surface area contributed by atoms with Crippen LogP contribution in [0.1, 0.15) is 11.5 Å². The number of amides is 1. The van der Waals surface area contributed by atoms with Crippen LogP contribution in [0, 0.1) is 0 Å². The molecule has 0 unspecified atom stereocenters. The molecule has 3 rings (SSSR count). The Bertz CT molecular complexity index is 817. The number of nitrogens with zero attached hydrogens (tertiary/aromatic N) is 3. The smallest absolute Gasteiger partial charge is 0.247 e. The van der Waals surface area contributed by atoms with Crippen molar-refractivity contribution in [2.24, 2.45) is 0 Å². The summed E-state index contributed by atoms with van der Waals surface area (Å²) in [4.78, 5) is 15.9. The van der Waals surface area contributed by atoms with Gasteiger partial charge in [0.2, 0.25) is 17.7 Å². The van der Waals surface area contributed by atoms with Crippen molar-refractivity contribution in [2.75, 3.05) is 7.11 Å². The molecule has 122 valence electrons. The van der Waals surface area contributed by atoms with Gasteiger partial charge in [-0.05, 0) is 29.8 Å². The van der Waals surface area contributed by atoms with Crippen LogP contribution in [-0.4, -0.2) is 28.2 Å². The highest BCUT2D eigenvalue weighted by Crippen LogP contribution is 2.16. The Morgan fingerprint density at radius 1 is 1.21 bits per heavy atom. The molecule has 1 amide bonds. The van der Waals surface area contributed by atoms with Crippen molar-refractivity contribution in [2.45, 2.75) is 13.0 Å². The Morgan fingerprint density at radius 3 is 2.83 bits per heavy atom. The highest BCUT2D eigenvalue weighted by atomic mass is 16.5. The van der Waals surface area contributed by atoms with Crippen LogP contribution in [-0.2, 0) is 17.8 Å². The number of carbonyl (C=O) groups excluding carboxylic acids is 1. The molecule has 0 aliphatic heterocycles. The van der Waals surface area contributed by atoms with Gasteiger partial charge in [0.05, 0.1) is 20.1 Å². The second-order valence-electron chi connectivity index (χ2n) is 5.04. The van der Waals surface area contributed by atoms with Crippen molar-refractivity contribution in [3.05, 3.63) is 60.2 Å². The highest BCUT2D eigenvalue weighted by Gasteiger charge is 2.10. The lowest BCUT2D eigenvalue weighted by Crippen LogP contribution is -2.24. The molecule has 0 saturated carbocycles. The summed E-state index contributed by atoms with van der Waals surface area (Å²) in [6.45, 7) is 0.181. The Morgan fingerprint density at radius 2 is 2.04 bits per heavy atom. The van der Waals surface area contributed by atoms with Crippen LogP contribution in [0.4, 0.5) is 0 Å². The minimum atomic E-state index is -0.132. The Kier molecular flexibility index (Phi) is 4.81. The van der Waals surface area contributed by atoms with E-state index in [0.29, 0.717) is 11.8 Å². The molecule has 0 fully saturated rings. The Labute approximate surface area is 138 Å². The second-order valence-corrected chi connectivity index (χ2v) is 5.04. The number of aromatic nitrogens is 3. The number of benzene rings is 1. The van der Waals surface area contributed by atoms with Crippen molar-refractivity contribution < 1.29 is 13.9 Å². The lowest BCUT2D eigenvalue weighted by atomic mass is 10.1. The van der Waals surface area contributed by atoms with E-state index < -0.39 is 0 Å². The zero-order valence-electron chi connectivity index (χ0n) is 13.1. The maximum Gasteiger partial charge on any atom is 0.247 e. The summed E-state index contributed by atoms with van der Waals surface area (Å²) >= 11 is 0. The number of ether oxygens (including phenoxy) is 1. The van der Waals surface area contributed by atoms with Gasteiger partial charge in [0, 0.05) is 18.0 Å². The van der Waals surface area contributed by atoms with E-state index >= 15 is 0 Å². The zero-order chi connectivity index (χ0) is 16.8. The van der Waals surface area contributed by atoms with Crippen LogP contribution in [0.15, 0.2) is 53.2 Å². The van der Waals surface area contributed by atoms with Crippen molar-refractivity contribution in [1.29, 1.82) is 0 Å². The average Bonchev–Trinajstić information content (AvgIpc) is 3.10. The van der Waals surface area contributed by atoms with E-state index in [1.807, 2.05) is 24.3 Å². The lowest BCUT2D eigenvalue weighted by molar-refractivity contribution is -0.120. The summed E-state index contributed by atoms with van der Waals surface area (Å²) < 4.78 is 10.7. The van der Waals surface area contributed by atoms with Crippen LogP contribution >= 0.6 is 0 Å². The van der Waals surface area contributed by atoms with E-state index in [-0.39, 0.29) is 18.9 Å². The van der Waals surface area contributed by atoms with E-state index in [2.05, 4.69) is 20.5 Å². The number of hydrogen-bond acceptors (Lipinski definition) is 6. The molecule has 3 aromatic rings. The van der Waals surface area contributed by atoms with Crippen molar-refractivity contribution >= 4 is 5.91 Å². The number of methoxy groups -OCH3 is 1. The summed E-state index contributed by atoms with van der Waals surface area (Å²) in [5, 5.41) is 10.6. The Hall–Kier alpha value is -3.22. The summed E-state index contributed by atoms with van der Waals surface area (Å²) in [7, 11) is 1.59. The first kappa shape index (κ1) is 15.7. The predicted octanol–water partition coefficient (Wildman–Crippen LogP) is 2.00. The van der Waals surface area contributed by atoms with Gasteiger partial charge < -0.3 is 14.5 Å². The molecule has 0 spiro atoms. The number of pyridine rings is 1. The first-order valence-corrected chi connectivity index (χ1v) is 7.37. The molecule has 2 aromatic heterocycles. The van der Waals surface area contributed by atoms with E-state index in [1.54, 1.807) is 31.6 Å². The van der Waals surface area contributed by atoms with Gasteiger partial charge in [0.25, 0.3) is 0 Å². The topological polar surface area (TPSA) is 90.1 Å². The van der Waals surface area contributed by atoms with Crippen LogP contribution in [0.3, 0.4) is 0 Å². The van der Waals surface area contributed by atoms with Crippen molar-refractivity contribution in [3.63, 3.8) is 0 Å². The van der Waals surface area contributed by atoms with Gasteiger partial charge in [0.15, 0.2) is 0 Å². The van der Waals surface area contributed by atoms with Crippen LogP contribution in [0.5, 0.6) is 5.75 Å². The minimum Gasteiger partial charge on any atom is -0.497 e. The van der Waals surface area contributed by atoms with Gasteiger partial charge in [-0.1, -0.05) is 12.1 Å². The predicted molar refractivity (Wildman–Crippen MR) is 86.1 cm³/mol. The van der Waals surface area contributed by atoms with Crippen molar-refractivity contribution in [1.82, 2.24) is 20.5 Å². The number of carbonyl (C=O) groups is 1. The Balaban J connectivity index is 1.56. The standard InChI is InChI=1S/C17H16N4O3/c1-23-14-4-2-3-12(9-14)10-15(22)19-11-16-20-21-17(24-16)13-5-7-18-8-6-13/h2-9H,10-11H2,1H3,(H,19,22). The van der Waals surface area contributed by atoms with Gasteiger partial charge in [-0.2, -0.15) is 0 Å². The lowest BCUT2D eigenvalue weighted by Gasteiger charge is -2.05. The van der Waals surface area contributed by atoms with Gasteiger partial charge in [-0.3, -0.25) is 9.78 Å². The number of nitrogens with one attached hydrogen (secondary N) is 1. The fraction of sp³-hybridized carbons (Fsp3) is 0.176.